The van der Waals surface area contributed by atoms with Gasteiger partial charge >= 0.3 is 18.3 Å². The van der Waals surface area contributed by atoms with E-state index in [0.29, 0.717) is 38.8 Å². The zero-order valence-corrected chi connectivity index (χ0v) is 27.3. The van der Waals surface area contributed by atoms with Crippen molar-refractivity contribution in [3.8, 4) is 11.1 Å². The van der Waals surface area contributed by atoms with Crippen molar-refractivity contribution in [1.82, 2.24) is 21.3 Å². The Morgan fingerprint density at radius 3 is 1.78 bits per heavy atom. The second kappa shape index (κ2) is 16.2. The van der Waals surface area contributed by atoms with E-state index in [9.17, 15) is 19.2 Å². The van der Waals surface area contributed by atoms with Crippen molar-refractivity contribution in [3.05, 3.63) is 59.7 Å². The van der Waals surface area contributed by atoms with Gasteiger partial charge in [0.15, 0.2) is 0 Å². The predicted octanol–water partition coefficient (Wildman–Crippen LogP) is 5.62. The summed E-state index contributed by atoms with van der Waals surface area (Å²) in [6.07, 6.45) is 0.249. The molecule has 4 amide bonds. The van der Waals surface area contributed by atoms with Gasteiger partial charge in [-0.05, 0) is 89.5 Å². The quantitative estimate of drug-likeness (QED) is 0.167. The van der Waals surface area contributed by atoms with Crippen molar-refractivity contribution in [3.63, 3.8) is 0 Å². The fourth-order valence-corrected chi connectivity index (χ4v) is 4.96. The topological polar surface area (TPSA) is 144 Å². The molecule has 0 saturated heterocycles. The Kier molecular flexibility index (Phi) is 12.6. The van der Waals surface area contributed by atoms with Crippen molar-refractivity contribution < 1.29 is 33.4 Å². The van der Waals surface area contributed by atoms with Crippen molar-refractivity contribution in [2.45, 2.75) is 90.4 Å². The highest BCUT2D eigenvalue weighted by Gasteiger charge is 2.29. The molecule has 3 rings (SSSR count). The Balaban J connectivity index is 1.39. The minimum absolute atomic E-state index is 0.0232. The molecule has 246 valence electrons. The number of carbonyl (C=O) groups excluding carboxylic acids is 4. The number of alkyl carbamates (subject to hydrolysis) is 3. The van der Waals surface area contributed by atoms with Gasteiger partial charge < -0.3 is 35.5 Å². The summed E-state index contributed by atoms with van der Waals surface area (Å²) in [6, 6.07) is 15.5. The maximum absolute atomic E-state index is 12.9. The van der Waals surface area contributed by atoms with Crippen LogP contribution in [-0.2, 0) is 19.0 Å². The number of benzene rings is 2. The summed E-state index contributed by atoms with van der Waals surface area (Å²) in [6.45, 7) is 11.8. The highest BCUT2D eigenvalue weighted by Crippen LogP contribution is 2.44. The van der Waals surface area contributed by atoms with E-state index >= 15 is 0 Å². The fourth-order valence-electron chi connectivity index (χ4n) is 4.96. The number of amides is 4. The Morgan fingerprint density at radius 1 is 0.667 bits per heavy atom. The zero-order valence-electron chi connectivity index (χ0n) is 27.3. The summed E-state index contributed by atoms with van der Waals surface area (Å²) >= 11 is 0. The summed E-state index contributed by atoms with van der Waals surface area (Å²) in [4.78, 5) is 49.6. The molecule has 0 spiro atoms. The van der Waals surface area contributed by atoms with Crippen LogP contribution in [0.2, 0.25) is 0 Å². The number of carbonyl (C=O) groups is 4. The lowest BCUT2D eigenvalue weighted by Crippen LogP contribution is -2.48. The Labute approximate surface area is 266 Å². The molecule has 0 heterocycles. The first-order chi connectivity index (χ1) is 21.2. The van der Waals surface area contributed by atoms with Crippen LogP contribution >= 0.6 is 0 Å². The zero-order chi connectivity index (χ0) is 33.0. The van der Waals surface area contributed by atoms with E-state index in [1.807, 2.05) is 24.3 Å². The molecule has 1 aliphatic rings. The highest BCUT2D eigenvalue weighted by atomic mass is 16.6. The van der Waals surface area contributed by atoms with Gasteiger partial charge in [0, 0.05) is 25.6 Å². The van der Waals surface area contributed by atoms with E-state index in [4.69, 9.17) is 14.2 Å². The molecule has 0 aliphatic heterocycles. The van der Waals surface area contributed by atoms with Crippen LogP contribution in [0, 0.1) is 0 Å². The van der Waals surface area contributed by atoms with Crippen molar-refractivity contribution in [2.24, 2.45) is 0 Å². The van der Waals surface area contributed by atoms with Gasteiger partial charge in [-0.15, -0.1) is 0 Å². The molecule has 1 unspecified atom stereocenters. The van der Waals surface area contributed by atoms with Gasteiger partial charge in [-0.3, -0.25) is 4.79 Å². The molecule has 0 fully saturated rings. The third-order valence-corrected chi connectivity index (χ3v) is 6.86. The molecule has 0 radical (unpaired) electrons. The largest absolute Gasteiger partial charge is 0.449 e. The molecule has 0 saturated carbocycles. The minimum Gasteiger partial charge on any atom is -0.449 e. The molecule has 0 bridgehead atoms. The standard InChI is InChI=1S/C34H48N4O7/c1-33(2,3)44-31(41)37-19-12-11-18-28(38-32(42)45-34(4,5)6)29(39)35-20-13-21-36-30(40)43-22-27-25-16-9-7-14-23(25)24-15-8-10-17-26(24)27/h7-10,14-17,27-28H,11-13,18-22H2,1-6H3,(H,35,39)(H,36,40)(H,37,41)(H,38,42). The van der Waals surface area contributed by atoms with Gasteiger partial charge in [-0.2, -0.15) is 0 Å². The second-order valence-electron chi connectivity index (χ2n) is 13.0. The van der Waals surface area contributed by atoms with E-state index in [2.05, 4.69) is 45.5 Å². The number of rotatable bonds is 13. The van der Waals surface area contributed by atoms with Crippen LogP contribution in [-0.4, -0.2) is 67.7 Å². The van der Waals surface area contributed by atoms with Crippen molar-refractivity contribution in [2.75, 3.05) is 26.2 Å². The number of hydrogen-bond acceptors (Lipinski definition) is 7. The molecular weight excluding hydrogens is 576 g/mol. The second-order valence-corrected chi connectivity index (χ2v) is 13.0. The molecule has 2 aromatic carbocycles. The molecule has 45 heavy (non-hydrogen) atoms. The maximum Gasteiger partial charge on any atom is 0.408 e. The number of unbranched alkanes of at least 4 members (excludes halogenated alkanes) is 1. The average Bonchev–Trinajstić information content (AvgIpc) is 3.26. The first kappa shape index (κ1) is 35.2. The normalized spacial score (nSPS) is 13.1. The van der Waals surface area contributed by atoms with Crippen LogP contribution in [0.5, 0.6) is 0 Å². The fraction of sp³-hybridized carbons (Fsp3) is 0.529. The van der Waals surface area contributed by atoms with E-state index in [0.717, 1.165) is 22.3 Å². The molecule has 1 aliphatic carbocycles. The van der Waals surface area contributed by atoms with Gasteiger partial charge in [-0.25, -0.2) is 14.4 Å². The first-order valence-corrected chi connectivity index (χ1v) is 15.6. The maximum atomic E-state index is 12.9. The Morgan fingerprint density at radius 2 is 1.18 bits per heavy atom. The predicted molar refractivity (Wildman–Crippen MR) is 172 cm³/mol. The average molecular weight is 625 g/mol. The molecule has 2 aromatic rings. The van der Waals surface area contributed by atoms with Gasteiger partial charge in [0.25, 0.3) is 0 Å². The van der Waals surface area contributed by atoms with Crippen LogP contribution in [0.1, 0.15) is 84.3 Å². The number of fused-ring (bicyclic) bond motifs is 3. The molecule has 11 heteroatoms. The molecule has 0 aromatic heterocycles. The highest BCUT2D eigenvalue weighted by molar-refractivity contribution is 5.85. The van der Waals surface area contributed by atoms with Crippen LogP contribution in [0.25, 0.3) is 11.1 Å². The van der Waals surface area contributed by atoms with E-state index in [1.165, 1.54) is 0 Å². The van der Waals surface area contributed by atoms with Gasteiger partial charge in [0.05, 0.1) is 0 Å². The van der Waals surface area contributed by atoms with Crippen LogP contribution < -0.4 is 21.3 Å². The van der Waals surface area contributed by atoms with Crippen LogP contribution in [0.3, 0.4) is 0 Å². The SMILES string of the molecule is CC(C)(C)OC(=O)NCCCCC(NC(=O)OC(C)(C)C)C(=O)NCCCNC(=O)OCC1c2ccccc2-c2ccccc21. The Bertz CT molecular complexity index is 1270. The molecule has 1 atom stereocenters. The lowest BCUT2D eigenvalue weighted by molar-refractivity contribution is -0.123. The van der Waals surface area contributed by atoms with E-state index < -0.39 is 35.5 Å². The first-order valence-electron chi connectivity index (χ1n) is 15.6. The van der Waals surface area contributed by atoms with Gasteiger partial charge in [0.1, 0.15) is 23.9 Å². The molecule has 4 N–H and O–H groups in total. The van der Waals surface area contributed by atoms with Crippen LogP contribution in [0.4, 0.5) is 14.4 Å². The minimum atomic E-state index is -0.823. The molecular formula is C34H48N4O7. The number of hydrogen-bond donors (Lipinski definition) is 4. The van der Waals surface area contributed by atoms with E-state index in [-0.39, 0.29) is 25.0 Å². The lowest BCUT2D eigenvalue weighted by Gasteiger charge is -2.23. The Hall–Kier alpha value is -4.28. The summed E-state index contributed by atoms with van der Waals surface area (Å²) in [7, 11) is 0. The summed E-state index contributed by atoms with van der Waals surface area (Å²) in [5.74, 6) is -0.382. The summed E-state index contributed by atoms with van der Waals surface area (Å²) in [5.41, 5.74) is 3.30. The van der Waals surface area contributed by atoms with Gasteiger partial charge in [0.2, 0.25) is 5.91 Å². The monoisotopic (exact) mass is 624 g/mol. The third kappa shape index (κ3) is 12.0. The number of ether oxygens (including phenoxy) is 3. The molecule has 11 nitrogen and oxygen atoms in total. The lowest BCUT2D eigenvalue weighted by atomic mass is 9.98. The summed E-state index contributed by atoms with van der Waals surface area (Å²) < 4.78 is 16.1. The van der Waals surface area contributed by atoms with Gasteiger partial charge in [-0.1, -0.05) is 48.5 Å². The van der Waals surface area contributed by atoms with Crippen molar-refractivity contribution in [1.29, 1.82) is 0 Å². The smallest absolute Gasteiger partial charge is 0.408 e. The third-order valence-electron chi connectivity index (χ3n) is 6.86. The van der Waals surface area contributed by atoms with Crippen LogP contribution in [0.15, 0.2) is 48.5 Å². The number of nitrogens with one attached hydrogen (secondary N) is 4. The van der Waals surface area contributed by atoms with Crippen molar-refractivity contribution >= 4 is 24.2 Å². The van der Waals surface area contributed by atoms with E-state index in [1.54, 1.807) is 41.5 Å². The summed E-state index contributed by atoms with van der Waals surface area (Å²) in [5, 5.41) is 10.9.